The molecule has 3 rings (SSSR count). The second kappa shape index (κ2) is 7.69. The van der Waals surface area contributed by atoms with E-state index in [1.807, 2.05) is 0 Å². The number of hydrogen-bond acceptors (Lipinski definition) is 2. The summed E-state index contributed by atoms with van der Waals surface area (Å²) in [6.07, 6.45) is 0. The van der Waals surface area contributed by atoms with Crippen LogP contribution in [-0.2, 0) is 5.54 Å². The third-order valence-corrected chi connectivity index (χ3v) is 4.84. The van der Waals surface area contributed by atoms with Gasteiger partial charge in [0.1, 0.15) is 0 Å². The Labute approximate surface area is 162 Å². The summed E-state index contributed by atoms with van der Waals surface area (Å²) in [6, 6.07) is 30.2. The molecular weight excluding hydrogens is 334 g/mol. The summed E-state index contributed by atoms with van der Waals surface area (Å²) < 4.78 is -0.125. The van der Waals surface area contributed by atoms with Crippen molar-refractivity contribution in [3.63, 3.8) is 0 Å². The van der Waals surface area contributed by atoms with E-state index in [0.29, 0.717) is 0 Å². The first-order valence-electron chi connectivity index (χ1n) is 9.07. The average molecular weight is 362 g/mol. The standard InChI is InChI=1S/C24H27NS/c1-19-14-16-22(17-15-19)24(25-18-23(2,3)26,20-10-6-4-7-11-20)21-12-8-5-9-13-21/h4-17,25-26H,18H2,1-3H3. The van der Waals surface area contributed by atoms with Gasteiger partial charge >= 0.3 is 0 Å². The van der Waals surface area contributed by atoms with Crippen LogP contribution in [0.2, 0.25) is 0 Å². The predicted octanol–water partition coefficient (Wildman–Crippen LogP) is 5.58. The second-order valence-corrected chi connectivity index (χ2v) is 8.72. The molecule has 0 atom stereocenters. The third-order valence-electron chi connectivity index (χ3n) is 4.68. The Kier molecular flexibility index (Phi) is 5.55. The van der Waals surface area contributed by atoms with Gasteiger partial charge in [0.25, 0.3) is 0 Å². The summed E-state index contributed by atoms with van der Waals surface area (Å²) >= 11 is 4.76. The lowest BCUT2D eigenvalue weighted by Gasteiger charge is -2.39. The monoisotopic (exact) mass is 361 g/mol. The third kappa shape index (κ3) is 4.03. The van der Waals surface area contributed by atoms with Crippen molar-refractivity contribution in [1.82, 2.24) is 5.32 Å². The quantitative estimate of drug-likeness (QED) is 0.431. The van der Waals surface area contributed by atoms with Gasteiger partial charge in [0, 0.05) is 11.3 Å². The molecule has 1 N–H and O–H groups in total. The highest BCUT2D eigenvalue weighted by Crippen LogP contribution is 2.37. The molecule has 0 spiro atoms. The molecule has 3 aromatic carbocycles. The molecule has 0 heterocycles. The predicted molar refractivity (Wildman–Crippen MR) is 115 cm³/mol. The topological polar surface area (TPSA) is 12.0 Å². The molecule has 2 heteroatoms. The minimum absolute atomic E-state index is 0.125. The number of hydrogen-bond donors (Lipinski definition) is 2. The molecule has 0 aliphatic rings. The van der Waals surface area contributed by atoms with Gasteiger partial charge in [-0.15, -0.1) is 0 Å². The highest BCUT2D eigenvalue weighted by atomic mass is 32.1. The molecule has 26 heavy (non-hydrogen) atoms. The lowest BCUT2D eigenvalue weighted by Crippen LogP contribution is -2.48. The largest absolute Gasteiger partial charge is 0.299 e. The van der Waals surface area contributed by atoms with Gasteiger partial charge in [0.05, 0.1) is 5.54 Å². The average Bonchev–Trinajstić information content (AvgIpc) is 2.64. The van der Waals surface area contributed by atoms with E-state index in [0.717, 1.165) is 6.54 Å². The SMILES string of the molecule is Cc1ccc(C(NCC(C)(C)S)(c2ccccc2)c2ccccc2)cc1. The Morgan fingerprint density at radius 2 is 1.12 bits per heavy atom. The van der Waals surface area contributed by atoms with Crippen LogP contribution in [0.15, 0.2) is 84.9 Å². The minimum atomic E-state index is -0.420. The number of benzene rings is 3. The Hall–Kier alpha value is -2.03. The van der Waals surface area contributed by atoms with Crippen LogP contribution in [0, 0.1) is 6.92 Å². The van der Waals surface area contributed by atoms with Crippen LogP contribution in [0.25, 0.3) is 0 Å². The maximum Gasteiger partial charge on any atom is 0.0948 e. The second-order valence-electron chi connectivity index (χ2n) is 7.51. The fourth-order valence-electron chi connectivity index (χ4n) is 3.33. The summed E-state index contributed by atoms with van der Waals surface area (Å²) in [5.74, 6) is 0. The van der Waals surface area contributed by atoms with E-state index in [4.69, 9.17) is 12.6 Å². The fraction of sp³-hybridized carbons (Fsp3) is 0.250. The normalized spacial score (nSPS) is 12.2. The Balaban J connectivity index is 2.25. The molecule has 0 amide bonds. The van der Waals surface area contributed by atoms with E-state index < -0.39 is 5.54 Å². The van der Waals surface area contributed by atoms with Crippen molar-refractivity contribution in [3.8, 4) is 0 Å². The van der Waals surface area contributed by atoms with Crippen LogP contribution in [0.4, 0.5) is 0 Å². The highest BCUT2D eigenvalue weighted by Gasteiger charge is 2.36. The van der Waals surface area contributed by atoms with Crippen LogP contribution in [0.3, 0.4) is 0 Å². The van der Waals surface area contributed by atoms with Crippen molar-refractivity contribution in [1.29, 1.82) is 0 Å². The Morgan fingerprint density at radius 1 is 0.692 bits per heavy atom. The fourth-order valence-corrected chi connectivity index (χ4v) is 3.41. The maximum atomic E-state index is 4.76. The molecule has 0 aromatic heterocycles. The molecule has 0 saturated heterocycles. The van der Waals surface area contributed by atoms with Crippen molar-refractivity contribution in [3.05, 3.63) is 107 Å². The van der Waals surface area contributed by atoms with E-state index in [9.17, 15) is 0 Å². The van der Waals surface area contributed by atoms with Gasteiger partial charge < -0.3 is 0 Å². The van der Waals surface area contributed by atoms with Crippen molar-refractivity contribution < 1.29 is 0 Å². The Morgan fingerprint density at radius 3 is 1.54 bits per heavy atom. The van der Waals surface area contributed by atoms with Gasteiger partial charge in [-0.25, -0.2) is 0 Å². The maximum absolute atomic E-state index is 4.76. The van der Waals surface area contributed by atoms with E-state index in [-0.39, 0.29) is 4.75 Å². The zero-order chi connectivity index (χ0) is 18.6. The summed E-state index contributed by atoms with van der Waals surface area (Å²) in [4.78, 5) is 0. The highest BCUT2D eigenvalue weighted by molar-refractivity contribution is 7.81. The molecule has 1 nitrogen and oxygen atoms in total. The van der Waals surface area contributed by atoms with Gasteiger partial charge in [-0.3, -0.25) is 5.32 Å². The van der Waals surface area contributed by atoms with Gasteiger partial charge in [0.2, 0.25) is 0 Å². The zero-order valence-corrected chi connectivity index (χ0v) is 16.6. The van der Waals surface area contributed by atoms with E-state index in [1.54, 1.807) is 0 Å². The van der Waals surface area contributed by atoms with Crippen molar-refractivity contribution in [2.24, 2.45) is 0 Å². The molecule has 3 aromatic rings. The van der Waals surface area contributed by atoms with E-state index >= 15 is 0 Å². The molecule has 0 aliphatic heterocycles. The molecule has 0 aliphatic carbocycles. The lowest BCUT2D eigenvalue weighted by atomic mass is 9.76. The van der Waals surface area contributed by atoms with Crippen molar-refractivity contribution in [2.45, 2.75) is 31.1 Å². The lowest BCUT2D eigenvalue weighted by molar-refractivity contribution is 0.446. The Bertz CT molecular complexity index is 778. The van der Waals surface area contributed by atoms with Crippen LogP contribution in [0.5, 0.6) is 0 Å². The molecule has 0 unspecified atom stereocenters. The van der Waals surface area contributed by atoms with Crippen LogP contribution < -0.4 is 5.32 Å². The van der Waals surface area contributed by atoms with E-state index in [2.05, 4.69) is 111 Å². The number of rotatable bonds is 6. The van der Waals surface area contributed by atoms with Crippen LogP contribution in [0.1, 0.15) is 36.1 Å². The zero-order valence-electron chi connectivity index (χ0n) is 15.7. The number of thiol groups is 1. The van der Waals surface area contributed by atoms with Crippen LogP contribution in [-0.4, -0.2) is 11.3 Å². The summed E-state index contributed by atoms with van der Waals surface area (Å²) in [5, 5.41) is 3.87. The summed E-state index contributed by atoms with van der Waals surface area (Å²) in [7, 11) is 0. The van der Waals surface area contributed by atoms with Gasteiger partial charge in [-0.2, -0.15) is 12.6 Å². The minimum Gasteiger partial charge on any atom is -0.299 e. The number of nitrogens with one attached hydrogen (secondary N) is 1. The smallest absolute Gasteiger partial charge is 0.0948 e. The molecule has 134 valence electrons. The van der Waals surface area contributed by atoms with Gasteiger partial charge in [-0.1, -0.05) is 90.5 Å². The van der Waals surface area contributed by atoms with Gasteiger partial charge in [0.15, 0.2) is 0 Å². The van der Waals surface area contributed by atoms with E-state index in [1.165, 1.54) is 22.3 Å². The van der Waals surface area contributed by atoms with Crippen molar-refractivity contribution in [2.75, 3.05) is 6.54 Å². The molecular formula is C24H27NS. The molecule has 0 fully saturated rings. The first-order chi connectivity index (χ1) is 12.4. The van der Waals surface area contributed by atoms with Crippen LogP contribution >= 0.6 is 12.6 Å². The summed E-state index contributed by atoms with van der Waals surface area (Å²) in [5.41, 5.74) is 4.53. The van der Waals surface area contributed by atoms with Gasteiger partial charge in [-0.05, 0) is 37.5 Å². The first kappa shape index (κ1) is 18.8. The number of aryl methyl sites for hydroxylation is 1. The summed E-state index contributed by atoms with van der Waals surface area (Å²) in [6.45, 7) is 7.17. The first-order valence-corrected chi connectivity index (χ1v) is 9.52. The molecule has 0 bridgehead atoms. The molecule has 0 saturated carbocycles. The van der Waals surface area contributed by atoms with Crippen molar-refractivity contribution >= 4 is 12.6 Å². The molecule has 0 radical (unpaired) electrons.